The second-order valence-corrected chi connectivity index (χ2v) is 6.93. The Kier molecular flexibility index (Phi) is 2.43. The van der Waals surface area contributed by atoms with Crippen LogP contribution in [0, 0.1) is 6.92 Å². The van der Waals surface area contributed by atoms with Crippen LogP contribution in [0.4, 0.5) is 17.1 Å². The molecule has 3 aromatic rings. The molecule has 24 heavy (non-hydrogen) atoms. The standard InChI is InChI=1S/C21H19N3/c1-10-18(24)7-6-15-19(10)21-14-5-3-11(22)8-16(14)20(15)13-4-2-12(23)9-17(13)21/h2-9,20-21H,22-24H2,1H3. The maximum absolute atomic E-state index is 6.22. The van der Waals surface area contributed by atoms with Crippen molar-refractivity contribution in [1.82, 2.24) is 0 Å². The highest BCUT2D eigenvalue weighted by Crippen LogP contribution is 2.57. The fourth-order valence-corrected chi connectivity index (χ4v) is 4.59. The molecule has 0 aromatic heterocycles. The van der Waals surface area contributed by atoms with E-state index in [1.165, 1.54) is 38.9 Å². The smallest absolute Gasteiger partial charge is 0.0353 e. The van der Waals surface area contributed by atoms with Gasteiger partial charge in [0.15, 0.2) is 0 Å². The summed E-state index contributed by atoms with van der Waals surface area (Å²) < 4.78 is 0. The largest absolute Gasteiger partial charge is 0.399 e. The molecule has 2 atom stereocenters. The van der Waals surface area contributed by atoms with Gasteiger partial charge in [0.05, 0.1) is 0 Å². The van der Waals surface area contributed by atoms with Crippen LogP contribution < -0.4 is 17.2 Å². The summed E-state index contributed by atoms with van der Waals surface area (Å²) in [4.78, 5) is 0. The minimum absolute atomic E-state index is 0.183. The Morgan fingerprint density at radius 1 is 0.625 bits per heavy atom. The van der Waals surface area contributed by atoms with Gasteiger partial charge in [0, 0.05) is 28.9 Å². The van der Waals surface area contributed by atoms with E-state index in [9.17, 15) is 0 Å². The fourth-order valence-electron chi connectivity index (χ4n) is 4.59. The Labute approximate surface area is 141 Å². The Balaban J connectivity index is 1.92. The van der Waals surface area contributed by atoms with E-state index in [0.717, 1.165) is 17.1 Å². The molecule has 0 fully saturated rings. The summed E-state index contributed by atoms with van der Waals surface area (Å²) in [6.45, 7) is 2.12. The summed E-state index contributed by atoms with van der Waals surface area (Å²) in [5.74, 6) is 0.390. The molecule has 0 amide bonds. The molecule has 118 valence electrons. The molecule has 0 saturated carbocycles. The molecule has 0 heterocycles. The van der Waals surface area contributed by atoms with Crippen molar-refractivity contribution >= 4 is 17.1 Å². The van der Waals surface area contributed by atoms with E-state index >= 15 is 0 Å². The highest BCUT2D eigenvalue weighted by atomic mass is 14.6. The molecule has 0 spiro atoms. The zero-order valence-electron chi connectivity index (χ0n) is 13.5. The van der Waals surface area contributed by atoms with Gasteiger partial charge in [-0.2, -0.15) is 0 Å². The lowest BCUT2D eigenvalue weighted by molar-refractivity contribution is 0.750. The van der Waals surface area contributed by atoms with Crippen LogP contribution in [-0.4, -0.2) is 0 Å². The lowest BCUT2D eigenvalue weighted by Crippen LogP contribution is -2.28. The zero-order valence-corrected chi connectivity index (χ0v) is 13.5. The Hall–Kier alpha value is -2.94. The van der Waals surface area contributed by atoms with Crippen LogP contribution >= 0.6 is 0 Å². The summed E-state index contributed by atoms with van der Waals surface area (Å²) in [5.41, 5.74) is 30.0. The van der Waals surface area contributed by atoms with Gasteiger partial charge in [-0.1, -0.05) is 18.2 Å². The van der Waals surface area contributed by atoms with E-state index in [1.54, 1.807) is 0 Å². The van der Waals surface area contributed by atoms with Gasteiger partial charge in [0.2, 0.25) is 0 Å². The number of nitrogens with two attached hydrogens (primary N) is 3. The minimum atomic E-state index is 0.183. The number of rotatable bonds is 0. The second-order valence-electron chi connectivity index (χ2n) is 6.93. The third-order valence-corrected chi connectivity index (χ3v) is 5.66. The molecule has 0 radical (unpaired) electrons. The Morgan fingerprint density at radius 3 is 1.83 bits per heavy atom. The highest BCUT2D eigenvalue weighted by Gasteiger charge is 2.42. The lowest BCUT2D eigenvalue weighted by atomic mass is 9.60. The molecule has 3 aliphatic carbocycles. The number of hydrogen-bond acceptors (Lipinski definition) is 3. The Bertz CT molecular complexity index is 1020. The van der Waals surface area contributed by atoms with E-state index in [0.29, 0.717) is 0 Å². The fraction of sp³-hybridized carbons (Fsp3) is 0.143. The van der Waals surface area contributed by atoms with Crippen LogP contribution in [0.5, 0.6) is 0 Å². The van der Waals surface area contributed by atoms with Crippen molar-refractivity contribution in [3.63, 3.8) is 0 Å². The first-order chi connectivity index (χ1) is 11.6. The summed E-state index contributed by atoms with van der Waals surface area (Å²) in [5, 5.41) is 0. The second kappa shape index (κ2) is 4.32. The topological polar surface area (TPSA) is 78.1 Å². The van der Waals surface area contributed by atoms with Crippen LogP contribution in [0.25, 0.3) is 0 Å². The number of anilines is 3. The summed E-state index contributed by atoms with van der Waals surface area (Å²) in [7, 11) is 0. The molecule has 3 aliphatic rings. The van der Waals surface area contributed by atoms with Gasteiger partial charge in [-0.15, -0.1) is 0 Å². The van der Waals surface area contributed by atoms with E-state index in [2.05, 4.69) is 37.3 Å². The van der Waals surface area contributed by atoms with Gasteiger partial charge < -0.3 is 17.2 Å². The van der Waals surface area contributed by atoms with E-state index in [-0.39, 0.29) is 11.8 Å². The molecule has 0 saturated heterocycles. The third kappa shape index (κ3) is 1.51. The molecule has 6 N–H and O–H groups in total. The maximum atomic E-state index is 6.22. The molecular formula is C21H19N3. The first-order valence-electron chi connectivity index (χ1n) is 8.23. The monoisotopic (exact) mass is 313 g/mol. The maximum Gasteiger partial charge on any atom is 0.0353 e. The average Bonchev–Trinajstić information content (AvgIpc) is 2.57. The van der Waals surface area contributed by atoms with Crippen molar-refractivity contribution in [3.8, 4) is 0 Å². The van der Waals surface area contributed by atoms with Crippen molar-refractivity contribution in [1.29, 1.82) is 0 Å². The van der Waals surface area contributed by atoms with Gasteiger partial charge in [0.1, 0.15) is 0 Å². The molecule has 6 rings (SSSR count). The molecule has 3 aromatic carbocycles. The van der Waals surface area contributed by atoms with Crippen LogP contribution in [-0.2, 0) is 0 Å². The van der Waals surface area contributed by atoms with Gasteiger partial charge in [-0.3, -0.25) is 0 Å². The van der Waals surface area contributed by atoms with E-state index in [4.69, 9.17) is 17.2 Å². The van der Waals surface area contributed by atoms with Crippen LogP contribution in [0.15, 0.2) is 48.5 Å². The van der Waals surface area contributed by atoms with Crippen LogP contribution in [0.2, 0.25) is 0 Å². The number of benzene rings is 3. The first-order valence-corrected chi connectivity index (χ1v) is 8.23. The third-order valence-electron chi connectivity index (χ3n) is 5.66. The molecule has 3 heteroatoms. The van der Waals surface area contributed by atoms with Crippen molar-refractivity contribution in [2.75, 3.05) is 17.2 Å². The lowest BCUT2D eigenvalue weighted by Gasteiger charge is -2.43. The molecule has 2 bridgehead atoms. The Morgan fingerprint density at radius 2 is 1.17 bits per heavy atom. The van der Waals surface area contributed by atoms with Gasteiger partial charge in [0.25, 0.3) is 0 Å². The molecule has 0 aliphatic heterocycles. The summed E-state index contributed by atoms with van der Waals surface area (Å²) in [6.07, 6.45) is 0. The molecule has 3 nitrogen and oxygen atoms in total. The molecule has 2 unspecified atom stereocenters. The molecular weight excluding hydrogens is 294 g/mol. The van der Waals surface area contributed by atoms with Crippen molar-refractivity contribution in [3.05, 3.63) is 87.5 Å². The number of hydrogen-bond donors (Lipinski definition) is 3. The quantitative estimate of drug-likeness (QED) is 0.381. The normalized spacial score (nSPS) is 19.5. The summed E-state index contributed by atoms with van der Waals surface area (Å²) in [6, 6.07) is 16.8. The van der Waals surface area contributed by atoms with Crippen molar-refractivity contribution in [2.45, 2.75) is 18.8 Å². The first kappa shape index (κ1) is 13.5. The predicted octanol–water partition coefficient (Wildman–Crippen LogP) is 3.73. The predicted molar refractivity (Wildman–Crippen MR) is 99.2 cm³/mol. The van der Waals surface area contributed by atoms with Gasteiger partial charge in [-0.05, 0) is 76.2 Å². The SMILES string of the molecule is Cc1c(N)ccc2c1C1c3ccc(N)cc3C2c2ccc(N)cc21. The average molecular weight is 313 g/mol. The highest BCUT2D eigenvalue weighted by molar-refractivity contribution is 5.74. The van der Waals surface area contributed by atoms with Crippen LogP contribution in [0.1, 0.15) is 50.8 Å². The van der Waals surface area contributed by atoms with Gasteiger partial charge >= 0.3 is 0 Å². The van der Waals surface area contributed by atoms with Crippen LogP contribution in [0.3, 0.4) is 0 Å². The van der Waals surface area contributed by atoms with Crippen molar-refractivity contribution < 1.29 is 0 Å². The summed E-state index contributed by atoms with van der Waals surface area (Å²) >= 11 is 0. The van der Waals surface area contributed by atoms with E-state index < -0.39 is 0 Å². The minimum Gasteiger partial charge on any atom is -0.399 e. The number of nitrogen functional groups attached to an aromatic ring is 3. The van der Waals surface area contributed by atoms with Gasteiger partial charge in [-0.25, -0.2) is 0 Å². The van der Waals surface area contributed by atoms with Crippen molar-refractivity contribution in [2.24, 2.45) is 0 Å². The van der Waals surface area contributed by atoms with E-state index in [1.807, 2.05) is 18.2 Å². The zero-order chi connectivity index (χ0) is 16.6.